The quantitative estimate of drug-likeness (QED) is 0.907. The van der Waals surface area contributed by atoms with Crippen molar-refractivity contribution >= 4 is 21.9 Å². The number of furan rings is 1. The first kappa shape index (κ1) is 12.6. The number of halogens is 1. The molecule has 0 saturated carbocycles. The molecule has 1 aliphatic heterocycles. The number of nitrogens with zero attached hydrogens (tertiary/aromatic N) is 2. The number of piperazine rings is 1. The maximum absolute atomic E-state index is 10.6. The summed E-state index contributed by atoms with van der Waals surface area (Å²) in [6.45, 7) is 4.28. The summed E-state index contributed by atoms with van der Waals surface area (Å²) in [5.74, 6) is 0.178. The van der Waals surface area contributed by atoms with Crippen LogP contribution < -0.4 is 0 Å². The summed E-state index contributed by atoms with van der Waals surface area (Å²) in [4.78, 5) is 14.8. The molecule has 2 heterocycles. The fourth-order valence-corrected chi connectivity index (χ4v) is 2.29. The van der Waals surface area contributed by atoms with Gasteiger partial charge < -0.3 is 9.52 Å². The van der Waals surface area contributed by atoms with Crippen molar-refractivity contribution in [2.45, 2.75) is 6.54 Å². The summed E-state index contributed by atoms with van der Waals surface area (Å²) in [6, 6.07) is 3.84. The van der Waals surface area contributed by atoms with E-state index < -0.39 is 5.97 Å². The Bertz CT molecular complexity index is 386. The lowest BCUT2D eigenvalue weighted by molar-refractivity contribution is -0.138. The highest BCUT2D eigenvalue weighted by Gasteiger charge is 2.19. The predicted octanol–water partition coefficient (Wildman–Crippen LogP) is 1.24. The molecule has 0 amide bonds. The fraction of sp³-hybridized carbons (Fsp3) is 0.545. The van der Waals surface area contributed by atoms with Gasteiger partial charge in [0.2, 0.25) is 0 Å². The summed E-state index contributed by atoms with van der Waals surface area (Å²) in [6.07, 6.45) is 0. The van der Waals surface area contributed by atoms with E-state index in [9.17, 15) is 4.79 Å². The molecule has 0 radical (unpaired) electrons. The van der Waals surface area contributed by atoms with Gasteiger partial charge in [0.1, 0.15) is 5.76 Å². The molecule has 1 aromatic heterocycles. The lowest BCUT2D eigenvalue weighted by atomic mass is 10.3. The van der Waals surface area contributed by atoms with Crippen LogP contribution in [0.3, 0.4) is 0 Å². The lowest BCUT2D eigenvalue weighted by Crippen LogP contribution is -2.47. The summed E-state index contributed by atoms with van der Waals surface area (Å²) < 4.78 is 6.19. The zero-order chi connectivity index (χ0) is 12.3. The Balaban J connectivity index is 1.77. The zero-order valence-electron chi connectivity index (χ0n) is 9.43. The number of carboxylic acid groups (broad SMARTS) is 1. The minimum atomic E-state index is -0.756. The van der Waals surface area contributed by atoms with E-state index in [-0.39, 0.29) is 6.54 Å². The summed E-state index contributed by atoms with van der Waals surface area (Å²) in [7, 11) is 0. The van der Waals surface area contributed by atoms with Gasteiger partial charge in [0.15, 0.2) is 4.67 Å². The molecule has 1 N–H and O–H groups in total. The third-order valence-electron chi connectivity index (χ3n) is 2.83. The van der Waals surface area contributed by atoms with Gasteiger partial charge in [-0.3, -0.25) is 14.6 Å². The molecule has 1 fully saturated rings. The van der Waals surface area contributed by atoms with Crippen LogP contribution in [0.15, 0.2) is 21.2 Å². The van der Waals surface area contributed by atoms with Gasteiger partial charge >= 0.3 is 5.97 Å². The topological polar surface area (TPSA) is 56.9 Å². The van der Waals surface area contributed by atoms with Crippen LogP contribution in [0.2, 0.25) is 0 Å². The molecule has 1 aromatic rings. The smallest absolute Gasteiger partial charge is 0.317 e. The molecule has 5 nitrogen and oxygen atoms in total. The fourth-order valence-electron chi connectivity index (χ4n) is 1.95. The molecular weight excluding hydrogens is 288 g/mol. The van der Waals surface area contributed by atoms with E-state index in [1.54, 1.807) is 0 Å². The van der Waals surface area contributed by atoms with Crippen molar-refractivity contribution in [3.05, 3.63) is 22.6 Å². The average molecular weight is 303 g/mol. The van der Waals surface area contributed by atoms with Crippen molar-refractivity contribution in [3.63, 3.8) is 0 Å². The second kappa shape index (κ2) is 5.66. The van der Waals surface area contributed by atoms with Crippen LogP contribution in [0.25, 0.3) is 0 Å². The summed E-state index contributed by atoms with van der Waals surface area (Å²) >= 11 is 3.27. The van der Waals surface area contributed by atoms with E-state index >= 15 is 0 Å². The van der Waals surface area contributed by atoms with E-state index in [2.05, 4.69) is 20.8 Å². The Morgan fingerprint density at radius 1 is 1.29 bits per heavy atom. The SMILES string of the molecule is O=C(O)CN1CCN(Cc2ccc(Br)o2)CC1. The first-order valence-electron chi connectivity index (χ1n) is 5.54. The van der Waals surface area contributed by atoms with Gasteiger partial charge in [0, 0.05) is 26.2 Å². The molecule has 94 valence electrons. The number of hydrogen-bond donors (Lipinski definition) is 1. The van der Waals surface area contributed by atoms with E-state index in [1.165, 1.54) is 0 Å². The Labute approximate surface area is 108 Å². The molecule has 1 saturated heterocycles. The molecule has 0 aliphatic carbocycles. The summed E-state index contributed by atoms with van der Waals surface area (Å²) in [5, 5.41) is 8.69. The molecule has 0 atom stereocenters. The first-order chi connectivity index (χ1) is 8.13. The minimum Gasteiger partial charge on any atom is -0.480 e. The van der Waals surface area contributed by atoms with Crippen molar-refractivity contribution in [1.29, 1.82) is 0 Å². The van der Waals surface area contributed by atoms with Crippen LogP contribution in [0.4, 0.5) is 0 Å². The molecule has 2 rings (SSSR count). The van der Waals surface area contributed by atoms with Crippen molar-refractivity contribution in [2.24, 2.45) is 0 Å². The van der Waals surface area contributed by atoms with Gasteiger partial charge in [0.25, 0.3) is 0 Å². The Kier molecular flexibility index (Phi) is 4.20. The molecular formula is C11H15BrN2O3. The van der Waals surface area contributed by atoms with E-state index in [1.807, 2.05) is 17.0 Å². The van der Waals surface area contributed by atoms with Crippen LogP contribution in [0, 0.1) is 0 Å². The molecule has 6 heteroatoms. The number of carboxylic acids is 1. The molecule has 0 aromatic carbocycles. The molecule has 0 spiro atoms. The maximum atomic E-state index is 10.6. The molecule has 1 aliphatic rings. The highest BCUT2D eigenvalue weighted by molar-refractivity contribution is 9.10. The van der Waals surface area contributed by atoms with Gasteiger partial charge in [-0.1, -0.05) is 0 Å². The average Bonchev–Trinajstić information content (AvgIpc) is 2.66. The molecule has 17 heavy (non-hydrogen) atoms. The van der Waals surface area contributed by atoms with Crippen LogP contribution >= 0.6 is 15.9 Å². The van der Waals surface area contributed by atoms with Gasteiger partial charge in [-0.2, -0.15) is 0 Å². The van der Waals surface area contributed by atoms with Crippen molar-refractivity contribution in [3.8, 4) is 0 Å². The third kappa shape index (κ3) is 3.83. The second-order valence-corrected chi connectivity index (χ2v) is 4.93. The molecule has 0 bridgehead atoms. The number of hydrogen-bond acceptors (Lipinski definition) is 4. The van der Waals surface area contributed by atoms with E-state index in [4.69, 9.17) is 9.52 Å². The van der Waals surface area contributed by atoms with Crippen LogP contribution in [0.1, 0.15) is 5.76 Å². The normalized spacial score (nSPS) is 18.4. The van der Waals surface area contributed by atoms with Crippen molar-refractivity contribution in [1.82, 2.24) is 9.80 Å². The van der Waals surface area contributed by atoms with Crippen LogP contribution in [-0.4, -0.2) is 53.6 Å². The van der Waals surface area contributed by atoms with Gasteiger partial charge in [0.05, 0.1) is 13.1 Å². The third-order valence-corrected chi connectivity index (χ3v) is 3.26. The minimum absolute atomic E-state index is 0.139. The first-order valence-corrected chi connectivity index (χ1v) is 6.33. The van der Waals surface area contributed by atoms with E-state index in [0.717, 1.165) is 43.2 Å². The largest absolute Gasteiger partial charge is 0.480 e. The summed E-state index contributed by atoms with van der Waals surface area (Å²) in [5.41, 5.74) is 0. The van der Waals surface area contributed by atoms with Crippen molar-refractivity contribution in [2.75, 3.05) is 32.7 Å². The van der Waals surface area contributed by atoms with E-state index in [0.29, 0.717) is 0 Å². The number of carbonyl (C=O) groups is 1. The standard InChI is InChI=1S/C11H15BrN2O3/c12-10-2-1-9(17-10)7-13-3-5-14(6-4-13)8-11(15)16/h1-2H,3-8H2,(H,15,16). The van der Waals surface area contributed by atoms with Gasteiger partial charge in [-0.25, -0.2) is 0 Å². The lowest BCUT2D eigenvalue weighted by Gasteiger charge is -2.33. The number of aliphatic carboxylic acids is 1. The molecule has 0 unspecified atom stereocenters. The van der Waals surface area contributed by atoms with Gasteiger partial charge in [-0.15, -0.1) is 0 Å². The van der Waals surface area contributed by atoms with Gasteiger partial charge in [-0.05, 0) is 28.1 Å². The monoisotopic (exact) mass is 302 g/mol. The highest BCUT2D eigenvalue weighted by atomic mass is 79.9. The Morgan fingerprint density at radius 3 is 2.47 bits per heavy atom. The van der Waals surface area contributed by atoms with Crippen molar-refractivity contribution < 1.29 is 14.3 Å². The maximum Gasteiger partial charge on any atom is 0.317 e. The second-order valence-electron chi connectivity index (χ2n) is 4.15. The Hall–Kier alpha value is -0.850. The Morgan fingerprint density at radius 2 is 1.94 bits per heavy atom. The zero-order valence-corrected chi connectivity index (χ0v) is 11.0. The van der Waals surface area contributed by atoms with Crippen LogP contribution in [-0.2, 0) is 11.3 Å². The highest BCUT2D eigenvalue weighted by Crippen LogP contribution is 2.16. The number of rotatable bonds is 4. The predicted molar refractivity (Wildman–Crippen MR) is 65.8 cm³/mol. The van der Waals surface area contributed by atoms with Crippen LogP contribution in [0.5, 0.6) is 0 Å².